The van der Waals surface area contributed by atoms with Gasteiger partial charge in [-0.2, -0.15) is 0 Å². The molecule has 0 bridgehead atoms. The second-order valence-corrected chi connectivity index (χ2v) is 8.85. The summed E-state index contributed by atoms with van der Waals surface area (Å²) in [7, 11) is -3.77. The summed E-state index contributed by atoms with van der Waals surface area (Å²) in [4.78, 5) is 12.5. The van der Waals surface area contributed by atoms with Crippen LogP contribution in [0.3, 0.4) is 0 Å². The van der Waals surface area contributed by atoms with Gasteiger partial charge in [0.1, 0.15) is 5.01 Å². The summed E-state index contributed by atoms with van der Waals surface area (Å²) in [6, 6.07) is 15.4. The van der Waals surface area contributed by atoms with Crippen LogP contribution in [0.2, 0.25) is 0 Å². The maximum absolute atomic E-state index is 12.5. The molecular formula is C19H20N4O3S2. The first-order chi connectivity index (χ1) is 13.4. The van der Waals surface area contributed by atoms with Crippen molar-refractivity contribution >= 4 is 38.1 Å². The molecule has 0 fully saturated rings. The largest absolute Gasteiger partial charge is 0.326 e. The number of benzene rings is 2. The summed E-state index contributed by atoms with van der Waals surface area (Å²) in [5.41, 5.74) is 1.43. The first-order valence-electron chi connectivity index (χ1n) is 8.70. The number of hydrogen-bond donors (Lipinski definition) is 2. The molecule has 9 heteroatoms. The summed E-state index contributed by atoms with van der Waals surface area (Å²) in [6.07, 6.45) is 0.690. The number of nitrogens with one attached hydrogen (secondary N) is 2. The Morgan fingerprint density at radius 3 is 2.36 bits per heavy atom. The molecule has 2 aromatic carbocycles. The number of rotatable bonds is 7. The molecule has 0 saturated heterocycles. The van der Waals surface area contributed by atoms with Crippen LogP contribution in [0.4, 0.5) is 10.8 Å². The first kappa shape index (κ1) is 20.0. The predicted octanol–water partition coefficient (Wildman–Crippen LogP) is 3.64. The Hall–Kier alpha value is -2.78. The van der Waals surface area contributed by atoms with Crippen LogP contribution in [0.5, 0.6) is 0 Å². The average molecular weight is 417 g/mol. The molecule has 7 nitrogen and oxygen atoms in total. The van der Waals surface area contributed by atoms with Gasteiger partial charge in [-0.1, -0.05) is 48.6 Å². The molecule has 2 N–H and O–H groups in total. The van der Waals surface area contributed by atoms with Crippen LogP contribution in [0.1, 0.15) is 30.3 Å². The standard InChI is InChI=1S/C19H20N4O3S2/c1-3-17-21-22-19(27-17)23-28(25,26)16-11-9-15(10-12-16)20-18(24)13(2)14-7-5-4-6-8-14/h4-13H,3H2,1-2H3,(H,20,24)(H,22,23)/t13-/m1/s1. The quantitative estimate of drug-likeness (QED) is 0.612. The van der Waals surface area contributed by atoms with Crippen molar-refractivity contribution in [2.24, 2.45) is 0 Å². The zero-order valence-corrected chi connectivity index (χ0v) is 17.0. The van der Waals surface area contributed by atoms with Crippen LogP contribution in [-0.2, 0) is 21.2 Å². The highest BCUT2D eigenvalue weighted by Gasteiger charge is 2.18. The van der Waals surface area contributed by atoms with Gasteiger partial charge in [0.15, 0.2) is 0 Å². The van der Waals surface area contributed by atoms with Crippen molar-refractivity contribution in [3.8, 4) is 0 Å². The number of amides is 1. The molecule has 1 aromatic heterocycles. The van der Waals surface area contributed by atoms with E-state index in [-0.39, 0.29) is 21.9 Å². The predicted molar refractivity (Wildman–Crippen MR) is 110 cm³/mol. The van der Waals surface area contributed by atoms with Crippen LogP contribution in [-0.4, -0.2) is 24.5 Å². The number of hydrogen-bond acceptors (Lipinski definition) is 6. The molecule has 0 spiro atoms. The van der Waals surface area contributed by atoms with Crippen LogP contribution in [0, 0.1) is 0 Å². The number of nitrogens with zero attached hydrogens (tertiary/aromatic N) is 2. The van der Waals surface area contributed by atoms with E-state index >= 15 is 0 Å². The minimum absolute atomic E-state index is 0.0786. The van der Waals surface area contributed by atoms with Gasteiger partial charge in [-0.05, 0) is 43.2 Å². The van der Waals surface area contributed by atoms with E-state index in [1.165, 1.54) is 23.5 Å². The van der Waals surface area contributed by atoms with E-state index in [2.05, 4.69) is 20.2 Å². The van der Waals surface area contributed by atoms with Crippen molar-refractivity contribution in [1.82, 2.24) is 10.2 Å². The molecule has 0 aliphatic heterocycles. The van der Waals surface area contributed by atoms with Crippen molar-refractivity contribution in [3.05, 3.63) is 65.2 Å². The molecule has 1 amide bonds. The second kappa shape index (κ2) is 8.49. The molecule has 0 saturated carbocycles. The van der Waals surface area contributed by atoms with Gasteiger partial charge in [0.25, 0.3) is 10.0 Å². The number of sulfonamides is 1. The fourth-order valence-corrected chi connectivity index (χ4v) is 4.38. The molecule has 3 aromatic rings. The zero-order chi connectivity index (χ0) is 20.1. The lowest BCUT2D eigenvalue weighted by atomic mass is 10.0. The van der Waals surface area contributed by atoms with E-state index in [1.54, 1.807) is 12.1 Å². The number of aryl methyl sites for hydroxylation is 1. The zero-order valence-electron chi connectivity index (χ0n) is 15.4. The summed E-state index contributed by atoms with van der Waals surface area (Å²) < 4.78 is 27.4. The van der Waals surface area contributed by atoms with Gasteiger partial charge in [-0.15, -0.1) is 10.2 Å². The Morgan fingerprint density at radius 2 is 1.75 bits per heavy atom. The SMILES string of the molecule is CCc1nnc(NS(=O)(=O)c2ccc(NC(=O)[C@H](C)c3ccccc3)cc2)s1. The normalized spacial score (nSPS) is 12.4. The highest BCUT2D eigenvalue weighted by atomic mass is 32.2. The van der Waals surface area contributed by atoms with E-state index in [0.29, 0.717) is 12.1 Å². The molecule has 0 unspecified atom stereocenters. The van der Waals surface area contributed by atoms with Crippen LogP contribution < -0.4 is 10.0 Å². The molecule has 0 aliphatic rings. The topological polar surface area (TPSA) is 101 Å². The van der Waals surface area contributed by atoms with Crippen LogP contribution in [0.15, 0.2) is 59.5 Å². The third-order valence-corrected chi connectivity index (χ3v) is 6.58. The number of anilines is 2. The summed E-state index contributed by atoms with van der Waals surface area (Å²) in [6.45, 7) is 3.74. The molecular weight excluding hydrogens is 396 g/mol. The fraction of sp³-hybridized carbons (Fsp3) is 0.211. The van der Waals surface area contributed by atoms with Crippen molar-refractivity contribution in [2.75, 3.05) is 10.0 Å². The Bertz CT molecular complexity index is 1050. The van der Waals surface area contributed by atoms with Gasteiger partial charge in [-0.25, -0.2) is 8.42 Å². The third kappa shape index (κ3) is 4.73. The maximum Gasteiger partial charge on any atom is 0.263 e. The molecule has 1 atom stereocenters. The average Bonchev–Trinajstić information content (AvgIpc) is 3.15. The van der Waals surface area contributed by atoms with E-state index in [0.717, 1.165) is 10.6 Å². The lowest BCUT2D eigenvalue weighted by Crippen LogP contribution is -2.19. The van der Waals surface area contributed by atoms with Gasteiger partial charge >= 0.3 is 0 Å². The molecule has 146 valence electrons. The number of carbonyl (C=O) groups is 1. The smallest absolute Gasteiger partial charge is 0.263 e. The van der Waals surface area contributed by atoms with Crippen molar-refractivity contribution in [3.63, 3.8) is 0 Å². The van der Waals surface area contributed by atoms with E-state index < -0.39 is 10.0 Å². The van der Waals surface area contributed by atoms with E-state index in [1.807, 2.05) is 44.2 Å². The lowest BCUT2D eigenvalue weighted by Gasteiger charge is -2.13. The summed E-state index contributed by atoms with van der Waals surface area (Å²) >= 11 is 1.20. The van der Waals surface area contributed by atoms with E-state index in [4.69, 9.17) is 0 Å². The first-order valence-corrected chi connectivity index (χ1v) is 11.0. The van der Waals surface area contributed by atoms with Crippen molar-refractivity contribution in [2.45, 2.75) is 31.1 Å². The maximum atomic E-state index is 12.5. The second-order valence-electron chi connectivity index (χ2n) is 6.11. The van der Waals surface area contributed by atoms with Gasteiger partial charge in [-0.3, -0.25) is 9.52 Å². The highest BCUT2D eigenvalue weighted by Crippen LogP contribution is 2.22. The van der Waals surface area contributed by atoms with Gasteiger partial charge in [0.2, 0.25) is 11.0 Å². The monoisotopic (exact) mass is 416 g/mol. The van der Waals surface area contributed by atoms with E-state index in [9.17, 15) is 13.2 Å². The summed E-state index contributed by atoms with van der Waals surface area (Å²) in [5.74, 6) is -0.489. The fourth-order valence-electron chi connectivity index (χ4n) is 2.47. The molecule has 28 heavy (non-hydrogen) atoms. The van der Waals surface area contributed by atoms with Gasteiger partial charge < -0.3 is 5.32 Å². The Kier molecular flexibility index (Phi) is 6.05. The van der Waals surface area contributed by atoms with Crippen molar-refractivity contribution < 1.29 is 13.2 Å². The molecule has 0 radical (unpaired) electrons. The lowest BCUT2D eigenvalue weighted by molar-refractivity contribution is -0.117. The summed E-state index contributed by atoms with van der Waals surface area (Å²) in [5, 5.41) is 11.5. The minimum Gasteiger partial charge on any atom is -0.326 e. The molecule has 1 heterocycles. The highest BCUT2D eigenvalue weighted by molar-refractivity contribution is 7.93. The molecule has 3 rings (SSSR count). The van der Waals surface area contributed by atoms with Crippen LogP contribution >= 0.6 is 11.3 Å². The minimum atomic E-state index is -3.77. The van der Waals surface area contributed by atoms with Gasteiger partial charge in [0.05, 0.1) is 10.8 Å². The third-order valence-electron chi connectivity index (χ3n) is 4.12. The Balaban J connectivity index is 1.68. The molecule has 0 aliphatic carbocycles. The Labute approximate surface area is 167 Å². The van der Waals surface area contributed by atoms with Crippen molar-refractivity contribution in [1.29, 1.82) is 0 Å². The Morgan fingerprint density at radius 1 is 1.07 bits per heavy atom. The van der Waals surface area contributed by atoms with Gasteiger partial charge in [0, 0.05) is 5.69 Å². The number of carbonyl (C=O) groups excluding carboxylic acids is 1. The van der Waals surface area contributed by atoms with Crippen LogP contribution in [0.25, 0.3) is 0 Å². The number of aromatic nitrogens is 2.